The van der Waals surface area contributed by atoms with Gasteiger partial charge in [0.1, 0.15) is 5.76 Å². The molecule has 0 fully saturated rings. The van der Waals surface area contributed by atoms with Crippen molar-refractivity contribution in [1.82, 2.24) is 15.6 Å². The van der Waals surface area contributed by atoms with Crippen LogP contribution in [0.25, 0.3) is 21.0 Å². The van der Waals surface area contributed by atoms with Gasteiger partial charge in [-0.15, -0.1) is 11.3 Å². The molecule has 136 valence electrons. The van der Waals surface area contributed by atoms with Crippen LogP contribution in [0.15, 0.2) is 40.8 Å². The molecule has 0 unspecified atom stereocenters. The Kier molecular flexibility index (Phi) is 5.08. The molecule has 2 aromatic heterocycles. The van der Waals surface area contributed by atoms with Gasteiger partial charge in [-0.3, -0.25) is 9.59 Å². The average Bonchev–Trinajstić information content (AvgIpc) is 3.23. The smallest absolute Gasteiger partial charge is 0.239 e. The maximum absolute atomic E-state index is 11.9. The number of hydrogen-bond donors (Lipinski definition) is 2. The highest BCUT2D eigenvalue weighted by molar-refractivity contribution is 7.21. The van der Waals surface area contributed by atoms with Crippen molar-refractivity contribution in [2.45, 2.75) is 27.3 Å². The van der Waals surface area contributed by atoms with Crippen LogP contribution in [-0.2, 0) is 16.1 Å². The van der Waals surface area contributed by atoms with E-state index in [2.05, 4.69) is 15.6 Å². The molecule has 0 saturated carbocycles. The summed E-state index contributed by atoms with van der Waals surface area (Å²) in [5.41, 5.74) is 0.418. The highest BCUT2D eigenvalue weighted by atomic mass is 32.1. The second-order valence-corrected chi connectivity index (χ2v) is 7.99. The zero-order chi connectivity index (χ0) is 18.7. The molecule has 3 rings (SSSR count). The molecule has 0 radical (unpaired) electrons. The molecule has 3 aromatic rings. The lowest BCUT2D eigenvalue weighted by Gasteiger charge is -2.17. The molecular weight excluding hydrogens is 350 g/mol. The van der Waals surface area contributed by atoms with Gasteiger partial charge in [-0.05, 0) is 24.3 Å². The van der Waals surface area contributed by atoms with Crippen molar-refractivity contribution in [1.29, 1.82) is 0 Å². The number of para-hydroxylation sites is 1. The number of nitrogens with zero attached hydrogens (tertiary/aromatic N) is 1. The van der Waals surface area contributed by atoms with Crippen LogP contribution in [0.5, 0.6) is 0 Å². The first kappa shape index (κ1) is 18.1. The quantitative estimate of drug-likeness (QED) is 0.720. The minimum atomic E-state index is -0.520. The first-order valence-electron chi connectivity index (χ1n) is 8.32. The van der Waals surface area contributed by atoms with Gasteiger partial charge >= 0.3 is 0 Å². The van der Waals surface area contributed by atoms with Crippen molar-refractivity contribution in [2.24, 2.45) is 5.41 Å². The van der Waals surface area contributed by atoms with Gasteiger partial charge in [0.05, 0.1) is 23.3 Å². The SMILES string of the molecule is CC(C)(C)C(=O)NCC(=O)NCc1ccc(-c2nc3ccccc3s2)o1. The van der Waals surface area contributed by atoms with Crippen LogP contribution in [0.4, 0.5) is 0 Å². The first-order chi connectivity index (χ1) is 12.3. The number of hydrogen-bond acceptors (Lipinski definition) is 5. The molecule has 0 bridgehead atoms. The summed E-state index contributed by atoms with van der Waals surface area (Å²) in [5.74, 6) is 0.885. The van der Waals surface area contributed by atoms with Crippen molar-refractivity contribution < 1.29 is 14.0 Å². The second kappa shape index (κ2) is 7.29. The summed E-state index contributed by atoms with van der Waals surface area (Å²) in [6, 6.07) is 11.6. The van der Waals surface area contributed by atoms with E-state index in [0.29, 0.717) is 11.5 Å². The minimum absolute atomic E-state index is 0.0540. The van der Waals surface area contributed by atoms with Crippen LogP contribution in [0, 0.1) is 5.41 Å². The number of aromatic nitrogens is 1. The standard InChI is InChI=1S/C19H21N3O3S/c1-19(2,3)18(24)21-11-16(23)20-10-12-8-9-14(25-12)17-22-13-6-4-5-7-15(13)26-17/h4-9H,10-11H2,1-3H3,(H,20,23)(H,21,24). The van der Waals surface area contributed by atoms with Crippen molar-refractivity contribution in [3.8, 4) is 10.8 Å². The van der Waals surface area contributed by atoms with Gasteiger partial charge in [-0.2, -0.15) is 0 Å². The van der Waals surface area contributed by atoms with Gasteiger partial charge in [0, 0.05) is 5.41 Å². The Morgan fingerprint density at radius 1 is 1.12 bits per heavy atom. The number of thiazole rings is 1. The number of amides is 2. The Morgan fingerprint density at radius 2 is 1.88 bits per heavy atom. The maximum Gasteiger partial charge on any atom is 0.239 e. The molecule has 2 amide bonds. The second-order valence-electron chi connectivity index (χ2n) is 6.96. The molecule has 2 heterocycles. The van der Waals surface area contributed by atoms with Gasteiger partial charge in [0.25, 0.3) is 0 Å². The molecule has 26 heavy (non-hydrogen) atoms. The Bertz CT molecular complexity index is 904. The highest BCUT2D eigenvalue weighted by Gasteiger charge is 2.21. The van der Waals surface area contributed by atoms with E-state index in [4.69, 9.17) is 4.42 Å². The van der Waals surface area contributed by atoms with Crippen molar-refractivity contribution >= 4 is 33.4 Å². The fourth-order valence-corrected chi connectivity index (χ4v) is 3.17. The number of fused-ring (bicyclic) bond motifs is 1. The molecule has 0 atom stereocenters. The summed E-state index contributed by atoms with van der Waals surface area (Å²) in [5, 5.41) is 6.15. The fraction of sp³-hybridized carbons (Fsp3) is 0.316. The van der Waals surface area contributed by atoms with Crippen LogP contribution < -0.4 is 10.6 Å². The summed E-state index contributed by atoms with van der Waals surface area (Å²) >= 11 is 1.56. The van der Waals surface area contributed by atoms with Crippen molar-refractivity contribution in [3.63, 3.8) is 0 Å². The van der Waals surface area contributed by atoms with Gasteiger partial charge in [0.15, 0.2) is 10.8 Å². The lowest BCUT2D eigenvalue weighted by Crippen LogP contribution is -2.41. The molecule has 7 heteroatoms. The fourth-order valence-electron chi connectivity index (χ4n) is 2.24. The van der Waals surface area contributed by atoms with Crippen molar-refractivity contribution in [3.05, 3.63) is 42.2 Å². The Morgan fingerprint density at radius 3 is 2.62 bits per heavy atom. The summed E-state index contributed by atoms with van der Waals surface area (Å²) in [7, 11) is 0. The van der Waals surface area contributed by atoms with Crippen LogP contribution in [0.2, 0.25) is 0 Å². The summed E-state index contributed by atoms with van der Waals surface area (Å²) < 4.78 is 6.88. The predicted molar refractivity (Wildman–Crippen MR) is 102 cm³/mol. The van der Waals surface area contributed by atoms with Crippen molar-refractivity contribution in [2.75, 3.05) is 6.54 Å². The van der Waals surface area contributed by atoms with E-state index in [9.17, 15) is 9.59 Å². The third-order valence-corrected chi connectivity index (χ3v) is 4.77. The normalized spacial score (nSPS) is 11.5. The molecule has 0 aliphatic carbocycles. The number of carbonyl (C=O) groups excluding carboxylic acids is 2. The largest absolute Gasteiger partial charge is 0.457 e. The summed E-state index contributed by atoms with van der Waals surface area (Å²) in [6.07, 6.45) is 0. The lowest BCUT2D eigenvalue weighted by atomic mass is 9.96. The molecule has 2 N–H and O–H groups in total. The van der Waals surface area contributed by atoms with Crippen LogP contribution in [-0.4, -0.2) is 23.3 Å². The van der Waals surface area contributed by atoms with Crippen LogP contribution in [0.1, 0.15) is 26.5 Å². The number of benzene rings is 1. The topological polar surface area (TPSA) is 84.2 Å². The minimum Gasteiger partial charge on any atom is -0.457 e. The van der Waals surface area contributed by atoms with Crippen LogP contribution >= 0.6 is 11.3 Å². The first-order valence-corrected chi connectivity index (χ1v) is 9.14. The van der Waals surface area contributed by atoms with Gasteiger partial charge < -0.3 is 15.1 Å². The monoisotopic (exact) mass is 371 g/mol. The van der Waals surface area contributed by atoms with Gasteiger partial charge in [0.2, 0.25) is 11.8 Å². The molecule has 1 aromatic carbocycles. The van der Waals surface area contributed by atoms with Gasteiger partial charge in [-0.1, -0.05) is 32.9 Å². The molecule has 6 nitrogen and oxygen atoms in total. The van der Waals surface area contributed by atoms with E-state index >= 15 is 0 Å². The third-order valence-electron chi connectivity index (χ3n) is 3.72. The average molecular weight is 371 g/mol. The molecule has 0 aliphatic heterocycles. The maximum atomic E-state index is 11.9. The predicted octanol–water partition coefficient (Wildman–Crippen LogP) is 3.33. The van der Waals surface area contributed by atoms with E-state index in [0.717, 1.165) is 15.2 Å². The summed E-state index contributed by atoms with van der Waals surface area (Å²) in [4.78, 5) is 28.2. The highest BCUT2D eigenvalue weighted by Crippen LogP contribution is 2.31. The molecule has 0 spiro atoms. The Balaban J connectivity index is 1.55. The third kappa shape index (κ3) is 4.29. The number of nitrogens with one attached hydrogen (secondary N) is 2. The van der Waals surface area contributed by atoms with E-state index in [1.54, 1.807) is 32.1 Å². The van der Waals surface area contributed by atoms with E-state index in [-0.39, 0.29) is 24.9 Å². The number of carbonyl (C=O) groups is 2. The number of furan rings is 1. The van der Waals surface area contributed by atoms with E-state index in [1.807, 2.05) is 36.4 Å². The summed E-state index contributed by atoms with van der Waals surface area (Å²) in [6.45, 7) is 5.60. The van der Waals surface area contributed by atoms with E-state index in [1.165, 1.54) is 0 Å². The molecule has 0 saturated heterocycles. The molecular formula is C19H21N3O3S. The zero-order valence-electron chi connectivity index (χ0n) is 15.0. The lowest BCUT2D eigenvalue weighted by molar-refractivity contribution is -0.131. The van der Waals surface area contributed by atoms with Crippen LogP contribution in [0.3, 0.4) is 0 Å². The number of rotatable bonds is 5. The van der Waals surface area contributed by atoms with E-state index < -0.39 is 5.41 Å². The Hall–Kier alpha value is -2.67. The van der Waals surface area contributed by atoms with Gasteiger partial charge in [-0.25, -0.2) is 4.98 Å². The Labute approximate surface area is 155 Å². The molecule has 0 aliphatic rings. The zero-order valence-corrected chi connectivity index (χ0v) is 15.8.